The predicted molar refractivity (Wildman–Crippen MR) is 74.7 cm³/mol. The van der Waals surface area contributed by atoms with Crippen LogP contribution in [-0.2, 0) is 9.47 Å². The molecule has 1 unspecified atom stereocenters. The number of ether oxygens (including phenoxy) is 2. The van der Waals surface area contributed by atoms with E-state index in [1.807, 2.05) is 6.92 Å². The highest BCUT2D eigenvalue weighted by Gasteiger charge is 2.20. The molecule has 1 aromatic carbocycles. The summed E-state index contributed by atoms with van der Waals surface area (Å²) < 4.78 is 23.4. The van der Waals surface area contributed by atoms with Crippen LogP contribution in [0.1, 0.15) is 13.3 Å². The Labute approximate surface area is 114 Å². The van der Waals surface area contributed by atoms with Gasteiger partial charge in [0.15, 0.2) is 6.29 Å². The van der Waals surface area contributed by atoms with Crippen LogP contribution in [0.2, 0.25) is 0 Å². The molecule has 2 N–H and O–H groups in total. The summed E-state index contributed by atoms with van der Waals surface area (Å²) in [5.41, 5.74) is 6.80. The molecule has 0 radical (unpaired) electrons. The highest BCUT2D eigenvalue weighted by Crippen LogP contribution is 2.20. The minimum atomic E-state index is -0.289. The third kappa shape index (κ3) is 4.45. The zero-order valence-corrected chi connectivity index (χ0v) is 11.8. The summed E-state index contributed by atoms with van der Waals surface area (Å²) in [5, 5.41) is 0. The molecular weight excluding hydrogens is 247 g/mol. The van der Waals surface area contributed by atoms with Gasteiger partial charge < -0.3 is 20.1 Å². The van der Waals surface area contributed by atoms with Crippen LogP contribution < -0.4 is 10.6 Å². The van der Waals surface area contributed by atoms with Crippen molar-refractivity contribution in [3.8, 4) is 0 Å². The Balaban J connectivity index is 2.82. The standard InChI is InChI=1S/C14H23FN2O2/c1-4-17(12-7-5-11(15)6-8-12)13(10-16)9-14(18-2)19-3/h5-8,13-14H,4,9-10,16H2,1-3H3. The average molecular weight is 270 g/mol. The van der Waals surface area contributed by atoms with Crippen molar-refractivity contribution in [1.82, 2.24) is 0 Å². The lowest BCUT2D eigenvalue weighted by atomic mass is 10.1. The fraction of sp³-hybridized carbons (Fsp3) is 0.571. The minimum Gasteiger partial charge on any atom is -0.367 e. The predicted octanol–water partition coefficient (Wildman–Crippen LogP) is 1.99. The van der Waals surface area contributed by atoms with Crippen LogP contribution in [0.3, 0.4) is 0 Å². The van der Waals surface area contributed by atoms with Gasteiger partial charge >= 0.3 is 0 Å². The number of nitrogens with zero attached hydrogens (tertiary/aromatic N) is 1. The van der Waals surface area contributed by atoms with E-state index >= 15 is 0 Å². The van der Waals surface area contributed by atoms with Crippen molar-refractivity contribution in [3.63, 3.8) is 0 Å². The number of hydrogen-bond donors (Lipinski definition) is 1. The van der Waals surface area contributed by atoms with Crippen molar-refractivity contribution in [1.29, 1.82) is 0 Å². The van der Waals surface area contributed by atoms with Crippen molar-refractivity contribution < 1.29 is 13.9 Å². The molecule has 0 spiro atoms. The van der Waals surface area contributed by atoms with E-state index in [9.17, 15) is 4.39 Å². The van der Waals surface area contributed by atoms with E-state index in [4.69, 9.17) is 15.2 Å². The zero-order chi connectivity index (χ0) is 14.3. The fourth-order valence-electron chi connectivity index (χ4n) is 2.15. The molecule has 0 saturated heterocycles. The van der Waals surface area contributed by atoms with Crippen molar-refractivity contribution in [2.75, 3.05) is 32.2 Å². The molecule has 108 valence electrons. The topological polar surface area (TPSA) is 47.7 Å². The highest BCUT2D eigenvalue weighted by atomic mass is 19.1. The highest BCUT2D eigenvalue weighted by molar-refractivity contribution is 5.47. The van der Waals surface area contributed by atoms with Crippen molar-refractivity contribution in [3.05, 3.63) is 30.1 Å². The SMILES string of the molecule is CCN(c1ccc(F)cc1)C(CN)CC(OC)OC. The van der Waals surface area contributed by atoms with Crippen LogP contribution in [0.5, 0.6) is 0 Å². The molecule has 0 fully saturated rings. The van der Waals surface area contributed by atoms with Crippen molar-refractivity contribution in [2.45, 2.75) is 25.7 Å². The van der Waals surface area contributed by atoms with Crippen LogP contribution in [0.4, 0.5) is 10.1 Å². The number of likely N-dealkylation sites (N-methyl/N-ethyl adjacent to an activating group) is 1. The van der Waals surface area contributed by atoms with Gasteiger partial charge in [0.25, 0.3) is 0 Å². The molecule has 0 heterocycles. The summed E-state index contributed by atoms with van der Waals surface area (Å²) in [5.74, 6) is -0.240. The lowest BCUT2D eigenvalue weighted by Gasteiger charge is -2.33. The molecule has 0 amide bonds. The van der Waals surface area contributed by atoms with Gasteiger partial charge in [0.05, 0.1) is 0 Å². The largest absolute Gasteiger partial charge is 0.367 e. The van der Waals surface area contributed by atoms with Crippen LogP contribution in [0.25, 0.3) is 0 Å². The van der Waals surface area contributed by atoms with Crippen LogP contribution in [0, 0.1) is 5.82 Å². The first kappa shape index (κ1) is 15.9. The van der Waals surface area contributed by atoms with E-state index in [2.05, 4.69) is 4.90 Å². The van der Waals surface area contributed by atoms with Gasteiger partial charge in [-0.3, -0.25) is 0 Å². The third-order valence-corrected chi connectivity index (χ3v) is 3.20. The molecule has 1 rings (SSSR count). The monoisotopic (exact) mass is 270 g/mol. The van der Waals surface area contributed by atoms with Crippen LogP contribution in [-0.4, -0.2) is 39.6 Å². The molecule has 0 aliphatic rings. The number of benzene rings is 1. The molecule has 0 aromatic heterocycles. The van der Waals surface area contributed by atoms with Gasteiger partial charge in [-0.1, -0.05) is 0 Å². The summed E-state index contributed by atoms with van der Waals surface area (Å²) in [7, 11) is 3.21. The first-order valence-electron chi connectivity index (χ1n) is 6.44. The van der Waals surface area contributed by atoms with Gasteiger partial charge in [-0.15, -0.1) is 0 Å². The maximum Gasteiger partial charge on any atom is 0.158 e. The van der Waals surface area contributed by atoms with E-state index in [0.29, 0.717) is 13.0 Å². The summed E-state index contributed by atoms with van der Waals surface area (Å²) in [6.45, 7) is 3.31. The van der Waals surface area contributed by atoms with E-state index in [1.54, 1.807) is 26.4 Å². The number of methoxy groups -OCH3 is 2. The van der Waals surface area contributed by atoms with Crippen LogP contribution in [0.15, 0.2) is 24.3 Å². The summed E-state index contributed by atoms with van der Waals surface area (Å²) in [6.07, 6.45) is 0.373. The smallest absolute Gasteiger partial charge is 0.158 e. The van der Waals surface area contributed by atoms with Crippen LogP contribution >= 0.6 is 0 Å². The van der Waals surface area contributed by atoms with E-state index < -0.39 is 0 Å². The molecule has 1 aromatic rings. The van der Waals surface area contributed by atoms with Crippen molar-refractivity contribution in [2.24, 2.45) is 5.73 Å². The molecule has 5 heteroatoms. The molecule has 0 aliphatic carbocycles. The van der Waals surface area contributed by atoms with E-state index in [1.165, 1.54) is 12.1 Å². The molecule has 19 heavy (non-hydrogen) atoms. The molecular formula is C14H23FN2O2. The quantitative estimate of drug-likeness (QED) is 0.734. The normalized spacial score (nSPS) is 12.7. The van der Waals surface area contributed by atoms with Gasteiger partial charge in [0.2, 0.25) is 0 Å². The van der Waals surface area contributed by atoms with E-state index in [0.717, 1.165) is 12.2 Å². The van der Waals surface area contributed by atoms with E-state index in [-0.39, 0.29) is 18.1 Å². The average Bonchev–Trinajstić information content (AvgIpc) is 2.45. The fourth-order valence-corrected chi connectivity index (χ4v) is 2.15. The molecule has 0 bridgehead atoms. The summed E-state index contributed by atoms with van der Waals surface area (Å²) in [4.78, 5) is 2.13. The lowest BCUT2D eigenvalue weighted by Crippen LogP contribution is -2.43. The lowest BCUT2D eigenvalue weighted by molar-refractivity contribution is -0.109. The molecule has 4 nitrogen and oxygen atoms in total. The Morgan fingerprint density at radius 2 is 1.79 bits per heavy atom. The van der Waals surface area contributed by atoms with Gasteiger partial charge in [0.1, 0.15) is 5.82 Å². The Morgan fingerprint density at radius 3 is 2.21 bits per heavy atom. The molecule has 1 atom stereocenters. The number of anilines is 1. The van der Waals surface area contributed by atoms with Crippen molar-refractivity contribution >= 4 is 5.69 Å². The molecule has 0 saturated carbocycles. The Hall–Kier alpha value is -1.17. The maximum atomic E-state index is 13.0. The first-order chi connectivity index (χ1) is 9.15. The second-order valence-corrected chi connectivity index (χ2v) is 4.29. The Morgan fingerprint density at radius 1 is 1.21 bits per heavy atom. The number of halogens is 1. The number of nitrogens with two attached hydrogens (primary N) is 1. The number of rotatable bonds is 8. The van der Waals surface area contributed by atoms with Gasteiger partial charge in [-0.05, 0) is 31.2 Å². The Bertz CT molecular complexity index is 355. The van der Waals surface area contributed by atoms with Gasteiger partial charge in [-0.2, -0.15) is 0 Å². The summed E-state index contributed by atoms with van der Waals surface area (Å²) in [6, 6.07) is 6.51. The maximum absolute atomic E-state index is 13.0. The van der Waals surface area contributed by atoms with Gasteiger partial charge in [-0.25, -0.2) is 4.39 Å². The first-order valence-corrected chi connectivity index (χ1v) is 6.44. The Kier molecular flexibility index (Phi) is 6.77. The van der Waals surface area contributed by atoms with Gasteiger partial charge in [0, 0.05) is 45.5 Å². The second-order valence-electron chi connectivity index (χ2n) is 4.29. The third-order valence-electron chi connectivity index (χ3n) is 3.20. The minimum absolute atomic E-state index is 0.0837. The second kappa shape index (κ2) is 8.09. The molecule has 0 aliphatic heterocycles. The summed E-state index contributed by atoms with van der Waals surface area (Å²) >= 11 is 0. The number of hydrogen-bond acceptors (Lipinski definition) is 4. The zero-order valence-electron chi connectivity index (χ0n) is 11.8.